The first-order valence-electron chi connectivity index (χ1n) is 9.65. The topological polar surface area (TPSA) is 71.8 Å². The summed E-state index contributed by atoms with van der Waals surface area (Å²) in [5.41, 5.74) is 2.63. The van der Waals surface area contributed by atoms with E-state index in [1.807, 2.05) is 68.4 Å². The van der Waals surface area contributed by atoms with Crippen LogP contribution in [-0.4, -0.2) is 24.5 Å². The molecule has 0 bridgehead atoms. The third-order valence-corrected chi connectivity index (χ3v) is 4.26. The minimum absolute atomic E-state index is 0.0946. The van der Waals surface area contributed by atoms with Crippen LogP contribution in [0, 0.1) is 0 Å². The van der Waals surface area contributed by atoms with Crippen LogP contribution in [0.3, 0.4) is 0 Å². The van der Waals surface area contributed by atoms with Crippen LogP contribution in [0.4, 0.5) is 17.1 Å². The highest BCUT2D eigenvalue weighted by molar-refractivity contribution is 5.97. The number of rotatable bonds is 8. The van der Waals surface area contributed by atoms with Gasteiger partial charge in [-0.25, -0.2) is 4.79 Å². The van der Waals surface area contributed by atoms with Crippen LogP contribution in [0.25, 0.3) is 6.08 Å². The number of hydrogen-bond donors (Lipinski definition) is 1. The standard InChI is InChI=1S/C24H24N2O4/c1-18(2)26(23(27)17-30-24(28)15-14-22-9-6-16-29-22)21-12-10-20(11-13-21)25-19-7-4-3-5-8-19/h3-16,18,25H,17H2,1-2H3/b15-14+. The normalized spacial score (nSPS) is 10.9. The SMILES string of the molecule is CC(C)N(C(=O)COC(=O)/C=C/c1ccco1)c1ccc(Nc2ccccc2)cc1. The van der Waals surface area contributed by atoms with Crippen LogP contribution < -0.4 is 10.2 Å². The van der Waals surface area contributed by atoms with Gasteiger partial charge in [-0.2, -0.15) is 0 Å². The van der Waals surface area contributed by atoms with E-state index < -0.39 is 5.97 Å². The summed E-state index contributed by atoms with van der Waals surface area (Å²) in [6.07, 6.45) is 4.23. The van der Waals surface area contributed by atoms with Gasteiger partial charge in [-0.05, 0) is 68.5 Å². The summed E-state index contributed by atoms with van der Waals surface area (Å²) in [5, 5.41) is 3.31. The van der Waals surface area contributed by atoms with E-state index in [0.29, 0.717) is 5.76 Å². The van der Waals surface area contributed by atoms with Gasteiger partial charge in [0.25, 0.3) is 5.91 Å². The van der Waals surface area contributed by atoms with Gasteiger partial charge in [0.15, 0.2) is 6.61 Å². The first kappa shape index (κ1) is 20.9. The molecule has 1 N–H and O–H groups in total. The smallest absolute Gasteiger partial charge is 0.331 e. The van der Waals surface area contributed by atoms with Gasteiger partial charge in [0.05, 0.1) is 6.26 Å². The average Bonchev–Trinajstić information content (AvgIpc) is 3.26. The predicted octanol–water partition coefficient (Wildman–Crippen LogP) is 5.02. The number of benzene rings is 2. The molecule has 0 aliphatic carbocycles. The monoisotopic (exact) mass is 404 g/mol. The van der Waals surface area contributed by atoms with E-state index >= 15 is 0 Å². The molecule has 0 spiro atoms. The van der Waals surface area contributed by atoms with Crippen LogP contribution in [0.2, 0.25) is 0 Å². The molecule has 0 fully saturated rings. The van der Waals surface area contributed by atoms with Crippen LogP contribution >= 0.6 is 0 Å². The zero-order chi connectivity index (χ0) is 21.3. The second kappa shape index (κ2) is 10.1. The molecule has 2 aromatic carbocycles. The van der Waals surface area contributed by atoms with Crippen molar-refractivity contribution in [3.63, 3.8) is 0 Å². The quantitative estimate of drug-likeness (QED) is 0.422. The van der Waals surface area contributed by atoms with Crippen molar-refractivity contribution < 1.29 is 18.7 Å². The minimum Gasteiger partial charge on any atom is -0.465 e. The lowest BCUT2D eigenvalue weighted by atomic mass is 10.2. The van der Waals surface area contributed by atoms with E-state index in [1.54, 1.807) is 17.0 Å². The van der Waals surface area contributed by atoms with Crippen LogP contribution in [0.5, 0.6) is 0 Å². The Balaban J connectivity index is 1.60. The number of nitrogens with one attached hydrogen (secondary N) is 1. The highest BCUT2D eigenvalue weighted by Gasteiger charge is 2.20. The molecule has 1 aromatic heterocycles. The van der Waals surface area contributed by atoms with E-state index in [9.17, 15) is 9.59 Å². The van der Waals surface area contributed by atoms with Crippen molar-refractivity contribution in [3.05, 3.63) is 84.8 Å². The predicted molar refractivity (Wildman–Crippen MR) is 117 cm³/mol. The van der Waals surface area contributed by atoms with Gasteiger partial charge >= 0.3 is 5.97 Å². The molecule has 3 aromatic rings. The van der Waals surface area contributed by atoms with Gasteiger partial charge in [-0.3, -0.25) is 4.79 Å². The first-order valence-corrected chi connectivity index (χ1v) is 9.65. The van der Waals surface area contributed by atoms with Crippen LogP contribution in [-0.2, 0) is 14.3 Å². The molecule has 0 saturated heterocycles. The van der Waals surface area contributed by atoms with Gasteiger partial charge in [-0.15, -0.1) is 0 Å². The maximum atomic E-state index is 12.7. The van der Waals surface area contributed by atoms with Crippen LogP contribution in [0.15, 0.2) is 83.5 Å². The van der Waals surface area contributed by atoms with Crippen molar-refractivity contribution in [1.82, 2.24) is 0 Å². The molecule has 0 aliphatic rings. The van der Waals surface area contributed by atoms with Gasteiger partial charge in [-0.1, -0.05) is 18.2 Å². The Bertz CT molecular complexity index is 978. The summed E-state index contributed by atoms with van der Waals surface area (Å²) in [5.74, 6) is -0.370. The maximum Gasteiger partial charge on any atom is 0.331 e. The van der Waals surface area contributed by atoms with Crippen molar-refractivity contribution in [2.75, 3.05) is 16.8 Å². The Morgan fingerprint density at radius 2 is 1.70 bits per heavy atom. The Morgan fingerprint density at radius 1 is 1.00 bits per heavy atom. The molecule has 0 unspecified atom stereocenters. The molecule has 0 saturated carbocycles. The number of para-hydroxylation sites is 1. The van der Waals surface area contributed by atoms with Gasteiger partial charge in [0.2, 0.25) is 0 Å². The molecule has 30 heavy (non-hydrogen) atoms. The molecule has 0 aliphatic heterocycles. The molecule has 3 rings (SSSR count). The Morgan fingerprint density at radius 3 is 2.33 bits per heavy atom. The number of anilines is 3. The van der Waals surface area contributed by atoms with E-state index in [1.165, 1.54) is 18.4 Å². The number of carbonyl (C=O) groups is 2. The summed E-state index contributed by atoms with van der Waals surface area (Å²) < 4.78 is 10.2. The lowest BCUT2D eigenvalue weighted by molar-refractivity contribution is -0.143. The highest BCUT2D eigenvalue weighted by atomic mass is 16.5. The Labute approximate surface area is 175 Å². The molecule has 0 radical (unpaired) electrons. The molecule has 6 heteroatoms. The number of carbonyl (C=O) groups excluding carboxylic acids is 2. The summed E-state index contributed by atoms with van der Waals surface area (Å²) in [6, 6.07) is 20.7. The van der Waals surface area contributed by atoms with Crippen molar-refractivity contribution in [3.8, 4) is 0 Å². The minimum atomic E-state index is -0.606. The summed E-state index contributed by atoms with van der Waals surface area (Å²) >= 11 is 0. The lowest BCUT2D eigenvalue weighted by Gasteiger charge is -2.27. The number of furan rings is 1. The van der Waals surface area contributed by atoms with Crippen molar-refractivity contribution in [1.29, 1.82) is 0 Å². The molecule has 1 amide bonds. The highest BCUT2D eigenvalue weighted by Crippen LogP contribution is 2.23. The third kappa shape index (κ3) is 5.85. The average molecular weight is 404 g/mol. The largest absolute Gasteiger partial charge is 0.465 e. The second-order valence-electron chi connectivity index (χ2n) is 6.85. The van der Waals surface area contributed by atoms with E-state index in [0.717, 1.165) is 17.1 Å². The fourth-order valence-electron chi connectivity index (χ4n) is 2.91. The number of ether oxygens (including phenoxy) is 1. The lowest BCUT2D eigenvalue weighted by Crippen LogP contribution is -2.39. The van der Waals surface area contributed by atoms with E-state index in [2.05, 4.69) is 5.32 Å². The number of hydrogen-bond acceptors (Lipinski definition) is 5. The first-order chi connectivity index (χ1) is 14.5. The number of esters is 1. The fraction of sp³-hybridized carbons (Fsp3) is 0.167. The molecular formula is C24H24N2O4. The van der Waals surface area contributed by atoms with Gasteiger partial charge < -0.3 is 19.4 Å². The van der Waals surface area contributed by atoms with Gasteiger partial charge in [0, 0.05) is 29.2 Å². The van der Waals surface area contributed by atoms with Crippen molar-refractivity contribution >= 4 is 35.0 Å². The van der Waals surface area contributed by atoms with E-state index in [-0.39, 0.29) is 18.6 Å². The van der Waals surface area contributed by atoms with Crippen molar-refractivity contribution in [2.45, 2.75) is 19.9 Å². The zero-order valence-corrected chi connectivity index (χ0v) is 16.9. The molecular weight excluding hydrogens is 380 g/mol. The molecule has 0 atom stereocenters. The summed E-state index contributed by atoms with van der Waals surface area (Å²) in [7, 11) is 0. The second-order valence-corrected chi connectivity index (χ2v) is 6.85. The summed E-state index contributed by atoms with van der Waals surface area (Å²) in [6.45, 7) is 3.48. The molecule has 6 nitrogen and oxygen atoms in total. The maximum absolute atomic E-state index is 12.7. The number of amides is 1. The van der Waals surface area contributed by atoms with Gasteiger partial charge in [0.1, 0.15) is 5.76 Å². The van der Waals surface area contributed by atoms with E-state index in [4.69, 9.17) is 9.15 Å². The third-order valence-electron chi connectivity index (χ3n) is 4.26. The Hall–Kier alpha value is -3.80. The summed E-state index contributed by atoms with van der Waals surface area (Å²) in [4.78, 5) is 26.2. The number of nitrogens with zero attached hydrogens (tertiary/aromatic N) is 1. The zero-order valence-electron chi connectivity index (χ0n) is 16.9. The molecule has 1 heterocycles. The van der Waals surface area contributed by atoms with Crippen LogP contribution in [0.1, 0.15) is 19.6 Å². The van der Waals surface area contributed by atoms with Crippen molar-refractivity contribution in [2.24, 2.45) is 0 Å². The Kier molecular flexibility index (Phi) is 7.05. The fourth-order valence-corrected chi connectivity index (χ4v) is 2.91. The molecule has 154 valence electrons.